The van der Waals surface area contributed by atoms with Crippen molar-refractivity contribution >= 4 is 15.9 Å². The Morgan fingerprint density at radius 2 is 2.17 bits per heavy atom. The van der Waals surface area contributed by atoms with Gasteiger partial charge in [0, 0.05) is 30.3 Å². The van der Waals surface area contributed by atoms with E-state index in [4.69, 9.17) is 5.73 Å². The Balaban J connectivity index is 2.17. The van der Waals surface area contributed by atoms with Crippen molar-refractivity contribution in [1.82, 2.24) is 9.55 Å². The average molecular weight is 310 g/mol. The van der Waals surface area contributed by atoms with E-state index in [1.165, 1.54) is 6.07 Å². The van der Waals surface area contributed by atoms with Crippen molar-refractivity contribution < 1.29 is 4.39 Å². The summed E-state index contributed by atoms with van der Waals surface area (Å²) in [5.74, 6) is -0.245. The molecule has 0 saturated carbocycles. The van der Waals surface area contributed by atoms with E-state index < -0.39 is 0 Å². The molecule has 5 heteroatoms. The van der Waals surface area contributed by atoms with Gasteiger partial charge >= 0.3 is 0 Å². The van der Waals surface area contributed by atoms with Crippen LogP contribution in [0.4, 0.5) is 4.39 Å². The Hall–Kier alpha value is -1.20. The largest absolute Gasteiger partial charge is 0.327 e. The first-order chi connectivity index (χ1) is 8.66. The van der Waals surface area contributed by atoms with Gasteiger partial charge in [-0.25, -0.2) is 9.37 Å². The fourth-order valence-corrected chi connectivity index (χ4v) is 2.97. The topological polar surface area (TPSA) is 43.8 Å². The number of fused-ring (bicyclic) bond motifs is 1. The number of halogens is 2. The minimum atomic E-state index is -0.245. The molecule has 2 aromatic rings. The monoisotopic (exact) mass is 309 g/mol. The van der Waals surface area contributed by atoms with Gasteiger partial charge in [-0.2, -0.15) is 0 Å². The molecule has 1 aliphatic heterocycles. The minimum Gasteiger partial charge on any atom is -0.327 e. The zero-order valence-corrected chi connectivity index (χ0v) is 11.3. The first kappa shape index (κ1) is 11.9. The summed E-state index contributed by atoms with van der Waals surface area (Å²) in [5.41, 5.74) is 8.26. The molecule has 2 N–H and O–H groups in total. The standard InChI is InChI=1S/C13H13BrFN3/c14-13-17-12(9-3-1-2-4-10(9)15)11-7-8(16)5-6-18(11)13/h1-4,8H,5-7,16H2. The number of benzene rings is 1. The average Bonchev–Trinajstić information content (AvgIpc) is 2.67. The molecule has 0 spiro atoms. The second-order valence-electron chi connectivity index (χ2n) is 4.56. The SMILES string of the molecule is NC1CCn2c(Br)nc(-c3ccccc3F)c2C1. The van der Waals surface area contributed by atoms with Gasteiger partial charge in [-0.05, 0) is 34.5 Å². The van der Waals surface area contributed by atoms with Crippen LogP contribution in [0.25, 0.3) is 11.3 Å². The number of imidazole rings is 1. The van der Waals surface area contributed by atoms with Crippen molar-refractivity contribution in [3.05, 3.63) is 40.5 Å². The first-order valence-corrected chi connectivity index (χ1v) is 6.71. The maximum Gasteiger partial charge on any atom is 0.177 e. The van der Waals surface area contributed by atoms with Crippen molar-refractivity contribution in [2.75, 3.05) is 0 Å². The number of aromatic nitrogens is 2. The van der Waals surface area contributed by atoms with Crippen molar-refractivity contribution in [2.24, 2.45) is 5.73 Å². The lowest BCUT2D eigenvalue weighted by atomic mass is 10.0. The number of rotatable bonds is 1. The highest BCUT2D eigenvalue weighted by Crippen LogP contribution is 2.31. The molecule has 1 atom stereocenters. The van der Waals surface area contributed by atoms with Gasteiger partial charge < -0.3 is 10.3 Å². The molecule has 1 aliphatic rings. The van der Waals surface area contributed by atoms with E-state index in [0.717, 1.165) is 29.8 Å². The summed E-state index contributed by atoms with van der Waals surface area (Å²) in [6, 6.07) is 6.85. The Bertz CT molecular complexity index is 594. The van der Waals surface area contributed by atoms with E-state index in [1.54, 1.807) is 12.1 Å². The molecule has 0 fully saturated rings. The zero-order valence-electron chi connectivity index (χ0n) is 9.74. The predicted octanol–water partition coefficient (Wildman–Crippen LogP) is 2.73. The molecule has 3 rings (SSSR count). The summed E-state index contributed by atoms with van der Waals surface area (Å²) in [7, 11) is 0. The van der Waals surface area contributed by atoms with Gasteiger partial charge in [-0.3, -0.25) is 0 Å². The predicted molar refractivity (Wildman–Crippen MR) is 71.6 cm³/mol. The summed E-state index contributed by atoms with van der Waals surface area (Å²) in [6.45, 7) is 0.832. The van der Waals surface area contributed by atoms with E-state index in [9.17, 15) is 4.39 Å². The maximum absolute atomic E-state index is 13.9. The smallest absolute Gasteiger partial charge is 0.177 e. The van der Waals surface area contributed by atoms with Gasteiger partial charge in [-0.15, -0.1) is 0 Å². The fourth-order valence-electron chi connectivity index (χ4n) is 2.40. The van der Waals surface area contributed by atoms with E-state index in [-0.39, 0.29) is 11.9 Å². The van der Waals surface area contributed by atoms with Crippen LogP contribution in [0.2, 0.25) is 0 Å². The Morgan fingerprint density at radius 1 is 1.39 bits per heavy atom. The highest BCUT2D eigenvalue weighted by molar-refractivity contribution is 9.10. The molecular weight excluding hydrogens is 297 g/mol. The molecule has 1 aromatic heterocycles. The third-order valence-corrected chi connectivity index (χ3v) is 3.94. The van der Waals surface area contributed by atoms with Gasteiger partial charge in [0.1, 0.15) is 5.82 Å². The zero-order chi connectivity index (χ0) is 12.7. The van der Waals surface area contributed by atoms with Crippen LogP contribution in [-0.4, -0.2) is 15.6 Å². The van der Waals surface area contributed by atoms with E-state index in [0.29, 0.717) is 11.3 Å². The lowest BCUT2D eigenvalue weighted by Gasteiger charge is -2.21. The van der Waals surface area contributed by atoms with E-state index in [2.05, 4.69) is 25.5 Å². The van der Waals surface area contributed by atoms with Crippen LogP contribution in [0.15, 0.2) is 29.0 Å². The highest BCUT2D eigenvalue weighted by atomic mass is 79.9. The second-order valence-corrected chi connectivity index (χ2v) is 5.27. The van der Waals surface area contributed by atoms with E-state index in [1.807, 2.05) is 6.07 Å². The summed E-state index contributed by atoms with van der Waals surface area (Å²) in [6.07, 6.45) is 1.67. The number of nitrogens with two attached hydrogens (primary N) is 1. The lowest BCUT2D eigenvalue weighted by molar-refractivity contribution is 0.466. The third-order valence-electron chi connectivity index (χ3n) is 3.33. The molecule has 0 saturated heterocycles. The van der Waals surface area contributed by atoms with Crippen LogP contribution in [0.5, 0.6) is 0 Å². The molecule has 0 bridgehead atoms. The van der Waals surface area contributed by atoms with Crippen LogP contribution in [0.3, 0.4) is 0 Å². The van der Waals surface area contributed by atoms with Crippen LogP contribution >= 0.6 is 15.9 Å². The first-order valence-electron chi connectivity index (χ1n) is 5.92. The molecule has 94 valence electrons. The Kier molecular flexibility index (Phi) is 2.95. The number of hydrogen-bond donors (Lipinski definition) is 1. The molecule has 1 unspecified atom stereocenters. The quantitative estimate of drug-likeness (QED) is 0.880. The molecule has 1 aromatic carbocycles. The molecule has 3 nitrogen and oxygen atoms in total. The van der Waals surface area contributed by atoms with Crippen LogP contribution in [-0.2, 0) is 13.0 Å². The molecule has 0 radical (unpaired) electrons. The third kappa shape index (κ3) is 1.87. The molecule has 0 aliphatic carbocycles. The Morgan fingerprint density at radius 3 is 2.94 bits per heavy atom. The minimum absolute atomic E-state index is 0.131. The number of nitrogens with zero attached hydrogens (tertiary/aromatic N) is 2. The molecule has 18 heavy (non-hydrogen) atoms. The van der Waals surface area contributed by atoms with Crippen molar-refractivity contribution in [3.63, 3.8) is 0 Å². The van der Waals surface area contributed by atoms with Gasteiger partial charge in [0.05, 0.1) is 5.69 Å². The highest BCUT2D eigenvalue weighted by Gasteiger charge is 2.24. The van der Waals surface area contributed by atoms with Crippen molar-refractivity contribution in [1.29, 1.82) is 0 Å². The maximum atomic E-state index is 13.9. The lowest BCUT2D eigenvalue weighted by Crippen LogP contribution is -2.30. The summed E-state index contributed by atoms with van der Waals surface area (Å²) in [4.78, 5) is 4.44. The van der Waals surface area contributed by atoms with Crippen LogP contribution < -0.4 is 5.73 Å². The van der Waals surface area contributed by atoms with Gasteiger partial charge in [0.2, 0.25) is 0 Å². The van der Waals surface area contributed by atoms with Crippen LogP contribution in [0, 0.1) is 5.82 Å². The fraction of sp³-hybridized carbons (Fsp3) is 0.308. The molecule has 2 heterocycles. The summed E-state index contributed by atoms with van der Waals surface area (Å²) in [5, 5.41) is 0. The normalized spacial score (nSPS) is 18.7. The van der Waals surface area contributed by atoms with Gasteiger partial charge in [-0.1, -0.05) is 12.1 Å². The molecular formula is C13H13BrFN3. The van der Waals surface area contributed by atoms with E-state index >= 15 is 0 Å². The molecule has 0 amide bonds. The Labute approximate surface area is 113 Å². The van der Waals surface area contributed by atoms with Crippen LogP contribution in [0.1, 0.15) is 12.1 Å². The van der Waals surface area contributed by atoms with Crippen molar-refractivity contribution in [3.8, 4) is 11.3 Å². The van der Waals surface area contributed by atoms with Gasteiger partial charge in [0.15, 0.2) is 4.73 Å². The van der Waals surface area contributed by atoms with Gasteiger partial charge in [0.25, 0.3) is 0 Å². The van der Waals surface area contributed by atoms with Crippen molar-refractivity contribution in [2.45, 2.75) is 25.4 Å². The second kappa shape index (κ2) is 4.48. The number of hydrogen-bond acceptors (Lipinski definition) is 2. The summed E-state index contributed by atoms with van der Waals surface area (Å²) < 4.78 is 16.7. The summed E-state index contributed by atoms with van der Waals surface area (Å²) >= 11 is 3.43.